The highest BCUT2D eigenvalue weighted by Gasteiger charge is 2.31. The van der Waals surface area contributed by atoms with E-state index in [1.54, 1.807) is 104 Å². The lowest BCUT2D eigenvalue weighted by atomic mass is 10.0. The molecule has 3 rings (SSSR count). The molecule has 0 aromatic heterocycles. The first-order chi connectivity index (χ1) is 20.5. The number of ether oxygens (including phenoxy) is 3. The summed E-state index contributed by atoms with van der Waals surface area (Å²) in [5.74, 6) is -0.346. The number of carbonyl (C=O) groups excluding carboxylic acids is 4. The zero-order chi connectivity index (χ0) is 32.7. The number of hydrogen-bond acceptors (Lipinski definition) is 7. The summed E-state index contributed by atoms with van der Waals surface area (Å²) in [6.07, 6.45) is 2.86. The van der Waals surface area contributed by atoms with Crippen LogP contribution in [0.1, 0.15) is 89.3 Å². The van der Waals surface area contributed by atoms with E-state index in [1.807, 2.05) is 6.07 Å². The van der Waals surface area contributed by atoms with E-state index in [1.165, 1.54) is 0 Å². The zero-order valence-electron chi connectivity index (χ0n) is 26.8. The molecule has 0 saturated heterocycles. The van der Waals surface area contributed by atoms with Crippen LogP contribution in [0.3, 0.4) is 0 Å². The van der Waals surface area contributed by atoms with E-state index in [9.17, 15) is 19.2 Å². The molecule has 2 aromatic carbocycles. The molecule has 11 nitrogen and oxygen atoms in total. The van der Waals surface area contributed by atoms with Gasteiger partial charge in [0.2, 0.25) is 0 Å². The number of aryl methyl sites for hydroxylation is 1. The van der Waals surface area contributed by atoms with Crippen molar-refractivity contribution in [1.29, 1.82) is 0 Å². The van der Waals surface area contributed by atoms with Gasteiger partial charge < -0.3 is 30.2 Å². The molecular formula is C33H44N4O7. The van der Waals surface area contributed by atoms with Crippen molar-refractivity contribution in [2.75, 3.05) is 17.2 Å². The molecule has 1 aliphatic carbocycles. The number of anilines is 2. The molecule has 4 N–H and O–H groups in total. The highest BCUT2D eigenvalue weighted by molar-refractivity contribution is 6.07. The quantitative estimate of drug-likeness (QED) is 0.189. The topological polar surface area (TPSA) is 144 Å². The summed E-state index contributed by atoms with van der Waals surface area (Å²) in [4.78, 5) is 50.5. The van der Waals surface area contributed by atoms with Gasteiger partial charge in [-0.2, -0.15) is 0 Å². The van der Waals surface area contributed by atoms with Crippen molar-refractivity contribution >= 4 is 35.6 Å². The van der Waals surface area contributed by atoms with E-state index in [0.717, 1.165) is 11.1 Å². The number of rotatable bonds is 8. The maximum Gasteiger partial charge on any atom is 0.412 e. The van der Waals surface area contributed by atoms with Gasteiger partial charge in [0.25, 0.3) is 5.91 Å². The minimum atomic E-state index is -1.10. The van der Waals surface area contributed by atoms with Crippen molar-refractivity contribution in [2.24, 2.45) is 0 Å². The fourth-order valence-electron chi connectivity index (χ4n) is 4.64. The lowest BCUT2D eigenvalue weighted by molar-refractivity contribution is 0.0356. The number of para-hydroxylation sites is 2. The van der Waals surface area contributed by atoms with Gasteiger partial charge in [-0.1, -0.05) is 24.3 Å². The lowest BCUT2D eigenvalue weighted by Gasteiger charge is -2.28. The number of nitrogens with one attached hydrogen (secondary N) is 4. The second-order valence-electron chi connectivity index (χ2n) is 12.8. The number of fused-ring (bicyclic) bond motifs is 1. The molecule has 0 spiro atoms. The Hall–Kier alpha value is -4.54. The van der Waals surface area contributed by atoms with Crippen LogP contribution >= 0.6 is 0 Å². The van der Waals surface area contributed by atoms with Gasteiger partial charge >= 0.3 is 18.3 Å². The SMILES string of the molecule is C/C=C\C(C)(CNC(=O)OC(C)(C)C)OC(=O)NC1CCc2cc(C(=O)Nc3ccccc3NC(=O)OC(C)(C)C)ccc21. The van der Waals surface area contributed by atoms with Crippen LogP contribution in [-0.2, 0) is 20.6 Å². The molecule has 2 atom stereocenters. The Morgan fingerprint density at radius 2 is 1.43 bits per heavy atom. The molecule has 0 fully saturated rings. The first-order valence-corrected chi connectivity index (χ1v) is 14.6. The normalized spacial score (nSPS) is 15.9. The number of benzene rings is 2. The predicted molar refractivity (Wildman–Crippen MR) is 169 cm³/mol. The monoisotopic (exact) mass is 608 g/mol. The molecule has 0 heterocycles. The van der Waals surface area contributed by atoms with E-state index in [4.69, 9.17) is 14.2 Å². The van der Waals surface area contributed by atoms with Crippen molar-refractivity contribution in [1.82, 2.24) is 10.6 Å². The van der Waals surface area contributed by atoms with Crippen molar-refractivity contribution in [3.63, 3.8) is 0 Å². The molecule has 2 unspecified atom stereocenters. The van der Waals surface area contributed by atoms with Crippen LogP contribution in [-0.4, -0.2) is 47.5 Å². The Morgan fingerprint density at radius 1 is 0.818 bits per heavy atom. The summed E-state index contributed by atoms with van der Waals surface area (Å²) < 4.78 is 16.3. The van der Waals surface area contributed by atoms with Crippen LogP contribution in [0.5, 0.6) is 0 Å². The van der Waals surface area contributed by atoms with Crippen LogP contribution in [0.4, 0.5) is 25.8 Å². The third-order valence-corrected chi connectivity index (χ3v) is 6.41. The molecule has 238 valence electrons. The molecule has 0 radical (unpaired) electrons. The molecule has 1 aliphatic rings. The predicted octanol–water partition coefficient (Wildman–Crippen LogP) is 6.86. The van der Waals surface area contributed by atoms with Crippen LogP contribution in [0.15, 0.2) is 54.6 Å². The summed E-state index contributed by atoms with van der Waals surface area (Å²) in [7, 11) is 0. The fourth-order valence-corrected chi connectivity index (χ4v) is 4.64. The van der Waals surface area contributed by atoms with Crippen molar-refractivity contribution in [2.45, 2.75) is 91.1 Å². The first-order valence-electron chi connectivity index (χ1n) is 14.6. The van der Waals surface area contributed by atoms with Crippen LogP contribution in [0, 0.1) is 0 Å². The molecule has 44 heavy (non-hydrogen) atoms. The summed E-state index contributed by atoms with van der Waals surface area (Å²) in [6, 6.07) is 11.9. The number of carbonyl (C=O) groups is 4. The molecule has 4 amide bonds. The van der Waals surface area contributed by atoms with Gasteiger partial charge in [-0.15, -0.1) is 0 Å². The van der Waals surface area contributed by atoms with Crippen molar-refractivity contribution in [3.8, 4) is 0 Å². The molecule has 0 bridgehead atoms. The number of amides is 4. The van der Waals surface area contributed by atoms with E-state index in [-0.39, 0.29) is 18.5 Å². The lowest BCUT2D eigenvalue weighted by Crippen LogP contribution is -2.46. The molecule has 2 aromatic rings. The fraction of sp³-hybridized carbons (Fsp3) is 0.455. The highest BCUT2D eigenvalue weighted by Crippen LogP contribution is 2.33. The second kappa shape index (κ2) is 13.8. The Labute approximate surface area is 259 Å². The van der Waals surface area contributed by atoms with Gasteiger partial charge in [-0.05, 0) is 110 Å². The van der Waals surface area contributed by atoms with E-state index in [0.29, 0.717) is 29.8 Å². The molecule has 11 heteroatoms. The summed E-state index contributed by atoms with van der Waals surface area (Å²) in [5.41, 5.74) is 0.680. The standard InChI is InChI=1S/C33H44N4O7/c1-9-18-33(8,20-34-28(39)42-31(2,3)4)44-30(41)36-24-17-15-21-19-22(14-16-23(21)24)27(38)35-25-12-10-11-13-26(25)37-29(40)43-32(5,6)7/h9-14,16,18-19,24H,15,17,20H2,1-8H3,(H,34,39)(H,35,38)(H,36,41)(H,37,40)/b18-9-. The second-order valence-corrected chi connectivity index (χ2v) is 12.8. The van der Waals surface area contributed by atoms with Gasteiger partial charge in [0, 0.05) is 5.56 Å². The maximum absolute atomic E-state index is 13.2. The van der Waals surface area contributed by atoms with Gasteiger partial charge in [0.05, 0.1) is 24.0 Å². The Balaban J connectivity index is 1.63. The average Bonchev–Trinajstić information content (AvgIpc) is 3.28. The Kier molecular flexibility index (Phi) is 10.7. The van der Waals surface area contributed by atoms with Crippen LogP contribution < -0.4 is 21.3 Å². The minimum absolute atomic E-state index is 0.0236. The van der Waals surface area contributed by atoms with Gasteiger partial charge in [-0.25, -0.2) is 14.4 Å². The summed E-state index contributed by atoms with van der Waals surface area (Å²) >= 11 is 0. The summed E-state index contributed by atoms with van der Waals surface area (Å²) in [5, 5.41) is 11.1. The molecular weight excluding hydrogens is 564 g/mol. The smallest absolute Gasteiger partial charge is 0.412 e. The Bertz CT molecular complexity index is 1410. The average molecular weight is 609 g/mol. The van der Waals surface area contributed by atoms with Gasteiger partial charge in [0.1, 0.15) is 16.8 Å². The molecule has 0 aliphatic heterocycles. The third-order valence-electron chi connectivity index (χ3n) is 6.41. The molecule has 0 saturated carbocycles. The Morgan fingerprint density at radius 3 is 2.05 bits per heavy atom. The highest BCUT2D eigenvalue weighted by atomic mass is 16.6. The zero-order valence-corrected chi connectivity index (χ0v) is 26.8. The van der Waals surface area contributed by atoms with Gasteiger partial charge in [0.15, 0.2) is 0 Å². The van der Waals surface area contributed by atoms with E-state index in [2.05, 4.69) is 21.3 Å². The van der Waals surface area contributed by atoms with Crippen molar-refractivity contribution < 1.29 is 33.4 Å². The summed E-state index contributed by atoms with van der Waals surface area (Å²) in [6.45, 7) is 14.1. The number of alkyl carbamates (subject to hydrolysis) is 2. The maximum atomic E-state index is 13.2. The largest absolute Gasteiger partial charge is 0.444 e. The minimum Gasteiger partial charge on any atom is -0.444 e. The van der Waals surface area contributed by atoms with E-state index >= 15 is 0 Å². The first kappa shape index (κ1) is 34.0. The van der Waals surface area contributed by atoms with Crippen molar-refractivity contribution in [3.05, 3.63) is 71.3 Å². The van der Waals surface area contributed by atoms with Gasteiger partial charge in [-0.3, -0.25) is 10.1 Å². The third kappa shape index (κ3) is 10.3. The van der Waals surface area contributed by atoms with Crippen LogP contribution in [0.2, 0.25) is 0 Å². The van der Waals surface area contributed by atoms with Crippen LogP contribution in [0.25, 0.3) is 0 Å². The van der Waals surface area contributed by atoms with E-state index < -0.39 is 35.1 Å². The number of allylic oxidation sites excluding steroid dienone is 1. The number of hydrogen-bond donors (Lipinski definition) is 4.